The molecule has 15 heavy (non-hydrogen) atoms. The molecule has 0 unspecified atom stereocenters. The first kappa shape index (κ1) is 10.8. The molecule has 86 valence electrons. The molecule has 1 aliphatic heterocycles. The summed E-state index contributed by atoms with van der Waals surface area (Å²) in [4.78, 5) is 12.9. The van der Waals surface area contributed by atoms with Gasteiger partial charge < -0.3 is 10.0 Å². The Morgan fingerprint density at radius 2 is 2.13 bits per heavy atom. The third-order valence-electron chi connectivity index (χ3n) is 4.32. The largest absolute Gasteiger partial charge is 0.465 e. The highest BCUT2D eigenvalue weighted by atomic mass is 16.4. The van der Waals surface area contributed by atoms with Crippen LogP contribution in [0.15, 0.2) is 0 Å². The molecule has 0 radical (unpaired) electrons. The molecule has 1 saturated heterocycles. The molecule has 1 amide bonds. The van der Waals surface area contributed by atoms with Crippen LogP contribution in [0.2, 0.25) is 0 Å². The average Bonchev–Trinajstić information content (AvgIpc) is 2.31. The minimum Gasteiger partial charge on any atom is -0.465 e. The molecule has 2 aliphatic rings. The fraction of sp³-hybridized carbons (Fsp3) is 0.917. The van der Waals surface area contributed by atoms with E-state index in [0.29, 0.717) is 5.92 Å². The lowest BCUT2D eigenvalue weighted by molar-refractivity contribution is 0.0906. The average molecular weight is 211 g/mol. The smallest absolute Gasteiger partial charge is 0.407 e. The minimum absolute atomic E-state index is 0.0977. The van der Waals surface area contributed by atoms with Gasteiger partial charge in [-0.2, -0.15) is 0 Å². The first-order valence-electron chi connectivity index (χ1n) is 5.89. The second-order valence-corrected chi connectivity index (χ2v) is 6.04. The van der Waals surface area contributed by atoms with Gasteiger partial charge in [0.2, 0.25) is 0 Å². The maximum atomic E-state index is 11.2. The van der Waals surface area contributed by atoms with Crippen LogP contribution in [0.25, 0.3) is 0 Å². The van der Waals surface area contributed by atoms with Crippen molar-refractivity contribution in [1.29, 1.82) is 0 Å². The monoisotopic (exact) mass is 211 g/mol. The summed E-state index contributed by atoms with van der Waals surface area (Å²) in [7, 11) is 0. The predicted molar refractivity (Wildman–Crippen MR) is 58.9 cm³/mol. The molecule has 1 saturated carbocycles. The van der Waals surface area contributed by atoms with Crippen LogP contribution in [-0.4, -0.2) is 28.2 Å². The number of fused-ring (bicyclic) bond motifs is 2. The molecular weight excluding hydrogens is 190 g/mol. The van der Waals surface area contributed by atoms with Crippen molar-refractivity contribution >= 4 is 6.09 Å². The Morgan fingerprint density at radius 1 is 1.47 bits per heavy atom. The molecule has 3 nitrogen and oxygen atoms in total. The zero-order chi connectivity index (χ0) is 11.3. The molecular formula is C12H21NO2. The van der Waals surface area contributed by atoms with Crippen LogP contribution in [0.4, 0.5) is 4.79 Å². The van der Waals surface area contributed by atoms with E-state index in [1.807, 2.05) is 0 Å². The van der Waals surface area contributed by atoms with E-state index in [1.165, 1.54) is 12.8 Å². The van der Waals surface area contributed by atoms with Gasteiger partial charge >= 0.3 is 6.09 Å². The number of hydrogen-bond acceptors (Lipinski definition) is 1. The molecule has 0 spiro atoms. The van der Waals surface area contributed by atoms with Gasteiger partial charge in [0, 0.05) is 12.1 Å². The number of carbonyl (C=O) groups is 1. The van der Waals surface area contributed by atoms with Crippen LogP contribution in [-0.2, 0) is 0 Å². The first-order chi connectivity index (χ1) is 6.88. The molecule has 3 atom stereocenters. The number of nitrogens with zero attached hydrogens (tertiary/aromatic N) is 1. The SMILES string of the molecule is CC[C@@H]1C[C@@]2(C)CN(C(=O)O)[C@@](C)(C1)C2. The fourth-order valence-corrected chi connectivity index (χ4v) is 3.94. The highest BCUT2D eigenvalue weighted by Crippen LogP contribution is 2.53. The first-order valence-corrected chi connectivity index (χ1v) is 5.89. The summed E-state index contributed by atoms with van der Waals surface area (Å²) in [5.41, 5.74) is 0.131. The third-order valence-corrected chi connectivity index (χ3v) is 4.32. The van der Waals surface area contributed by atoms with Crippen molar-refractivity contribution in [1.82, 2.24) is 4.90 Å². The number of likely N-dealkylation sites (tertiary alicyclic amines) is 1. The Morgan fingerprint density at radius 3 is 2.67 bits per heavy atom. The van der Waals surface area contributed by atoms with E-state index in [1.54, 1.807) is 4.90 Å². The second kappa shape index (κ2) is 3.13. The minimum atomic E-state index is -0.738. The maximum Gasteiger partial charge on any atom is 0.407 e. The quantitative estimate of drug-likeness (QED) is 0.724. The molecule has 0 aromatic heterocycles. The van der Waals surface area contributed by atoms with Crippen molar-refractivity contribution < 1.29 is 9.90 Å². The number of carboxylic acid groups (broad SMARTS) is 1. The predicted octanol–water partition coefficient (Wildman–Crippen LogP) is 2.96. The molecule has 2 bridgehead atoms. The van der Waals surface area contributed by atoms with E-state index in [4.69, 9.17) is 0 Å². The van der Waals surface area contributed by atoms with Gasteiger partial charge in [-0.25, -0.2) is 4.79 Å². The zero-order valence-electron chi connectivity index (χ0n) is 9.92. The van der Waals surface area contributed by atoms with E-state index in [0.717, 1.165) is 19.4 Å². The lowest BCUT2D eigenvalue weighted by Crippen LogP contribution is -2.45. The van der Waals surface area contributed by atoms with Gasteiger partial charge in [0.15, 0.2) is 0 Å². The Balaban J connectivity index is 2.27. The summed E-state index contributed by atoms with van der Waals surface area (Å²) in [6.07, 6.45) is 3.73. The van der Waals surface area contributed by atoms with Crippen molar-refractivity contribution in [2.24, 2.45) is 11.3 Å². The van der Waals surface area contributed by atoms with E-state index >= 15 is 0 Å². The zero-order valence-corrected chi connectivity index (χ0v) is 9.92. The van der Waals surface area contributed by atoms with Gasteiger partial charge in [0.25, 0.3) is 0 Å². The van der Waals surface area contributed by atoms with E-state index in [2.05, 4.69) is 20.8 Å². The molecule has 0 aromatic carbocycles. The molecule has 0 aromatic rings. The Hall–Kier alpha value is -0.730. The highest BCUT2D eigenvalue weighted by molar-refractivity contribution is 5.67. The van der Waals surface area contributed by atoms with Gasteiger partial charge in [0.05, 0.1) is 0 Å². The van der Waals surface area contributed by atoms with Gasteiger partial charge in [-0.1, -0.05) is 20.3 Å². The maximum absolute atomic E-state index is 11.2. The van der Waals surface area contributed by atoms with E-state index in [-0.39, 0.29) is 11.0 Å². The van der Waals surface area contributed by atoms with Crippen molar-refractivity contribution in [2.75, 3.05) is 6.54 Å². The topological polar surface area (TPSA) is 40.5 Å². The summed E-state index contributed by atoms with van der Waals surface area (Å²) in [5, 5.41) is 9.22. The van der Waals surface area contributed by atoms with E-state index < -0.39 is 6.09 Å². The highest BCUT2D eigenvalue weighted by Gasteiger charge is 2.55. The van der Waals surface area contributed by atoms with Crippen LogP contribution in [0.1, 0.15) is 46.5 Å². The third kappa shape index (κ3) is 1.62. The second-order valence-electron chi connectivity index (χ2n) is 6.04. The van der Waals surface area contributed by atoms with Crippen molar-refractivity contribution in [3.8, 4) is 0 Å². The molecule has 1 heterocycles. The van der Waals surface area contributed by atoms with Gasteiger partial charge in [-0.15, -0.1) is 0 Å². The van der Waals surface area contributed by atoms with Crippen LogP contribution >= 0.6 is 0 Å². The molecule has 1 N–H and O–H groups in total. The number of rotatable bonds is 1. The number of amides is 1. The number of hydrogen-bond donors (Lipinski definition) is 1. The Kier molecular flexibility index (Phi) is 2.25. The van der Waals surface area contributed by atoms with Crippen molar-refractivity contribution in [3.63, 3.8) is 0 Å². The summed E-state index contributed by atoms with van der Waals surface area (Å²) < 4.78 is 0. The Bertz CT molecular complexity index is 291. The van der Waals surface area contributed by atoms with Crippen LogP contribution in [0.3, 0.4) is 0 Å². The lowest BCUT2D eigenvalue weighted by atomic mass is 9.67. The molecule has 3 heteroatoms. The lowest BCUT2D eigenvalue weighted by Gasteiger charge is -2.40. The van der Waals surface area contributed by atoms with E-state index in [9.17, 15) is 9.90 Å². The summed E-state index contributed by atoms with van der Waals surface area (Å²) in [6, 6.07) is 0. The molecule has 1 aliphatic carbocycles. The summed E-state index contributed by atoms with van der Waals surface area (Å²) in [5.74, 6) is 0.707. The van der Waals surface area contributed by atoms with Gasteiger partial charge in [-0.05, 0) is 37.5 Å². The van der Waals surface area contributed by atoms with Crippen LogP contribution in [0.5, 0.6) is 0 Å². The molecule has 2 fully saturated rings. The fourth-order valence-electron chi connectivity index (χ4n) is 3.94. The van der Waals surface area contributed by atoms with Gasteiger partial charge in [-0.3, -0.25) is 0 Å². The standard InChI is InChI=1S/C12H21NO2/c1-4-9-5-11(2)7-12(3,6-9)13(8-11)10(14)15/h9H,4-8H2,1-3H3,(H,14,15)/t9-,11-,12+/m1/s1. The Labute approximate surface area is 91.5 Å². The van der Waals surface area contributed by atoms with Crippen LogP contribution in [0, 0.1) is 11.3 Å². The van der Waals surface area contributed by atoms with Gasteiger partial charge in [0.1, 0.15) is 0 Å². The normalized spacial score (nSPS) is 44.5. The molecule has 2 rings (SSSR count). The summed E-state index contributed by atoms with van der Waals surface area (Å²) in [6.45, 7) is 7.31. The van der Waals surface area contributed by atoms with Crippen LogP contribution < -0.4 is 0 Å². The summed E-state index contributed by atoms with van der Waals surface area (Å²) >= 11 is 0. The van der Waals surface area contributed by atoms with Crippen molar-refractivity contribution in [3.05, 3.63) is 0 Å². The van der Waals surface area contributed by atoms with Crippen molar-refractivity contribution in [2.45, 2.75) is 52.0 Å².